The smallest absolute Gasteiger partial charge is 0.186 e. The second-order valence-corrected chi connectivity index (χ2v) is 4.26. The van der Waals surface area contributed by atoms with E-state index in [2.05, 4.69) is 0 Å². The van der Waals surface area contributed by atoms with Gasteiger partial charge in [0.2, 0.25) is 0 Å². The second kappa shape index (κ2) is 5.04. The molecule has 1 aromatic rings. The minimum absolute atomic E-state index is 0.0448. The van der Waals surface area contributed by atoms with Gasteiger partial charge in [-0.05, 0) is 23.8 Å². The molecular formula is C10H8ClNOS. The van der Waals surface area contributed by atoms with Crippen LogP contribution in [0.1, 0.15) is 18.1 Å². The van der Waals surface area contributed by atoms with E-state index in [0.29, 0.717) is 16.3 Å². The third-order valence-corrected chi connectivity index (χ3v) is 2.84. The molecule has 0 spiro atoms. The van der Waals surface area contributed by atoms with Crippen molar-refractivity contribution in [3.8, 4) is 6.07 Å². The molecule has 0 atom stereocenters. The minimum Gasteiger partial charge on any atom is -0.288 e. The van der Waals surface area contributed by atoms with E-state index in [4.69, 9.17) is 16.9 Å². The number of rotatable bonds is 2. The molecule has 0 aliphatic carbocycles. The van der Waals surface area contributed by atoms with Crippen molar-refractivity contribution in [1.82, 2.24) is 0 Å². The number of carbonyl (C=O) groups is 1. The number of nitriles is 1. The van der Waals surface area contributed by atoms with Gasteiger partial charge in [0.15, 0.2) is 5.12 Å². The number of hydrogen-bond acceptors (Lipinski definition) is 3. The van der Waals surface area contributed by atoms with Gasteiger partial charge in [-0.3, -0.25) is 4.79 Å². The van der Waals surface area contributed by atoms with Crippen molar-refractivity contribution in [2.45, 2.75) is 12.7 Å². The fourth-order valence-corrected chi connectivity index (χ4v) is 1.80. The first-order chi connectivity index (χ1) is 6.63. The van der Waals surface area contributed by atoms with Crippen molar-refractivity contribution in [2.24, 2.45) is 0 Å². The lowest BCUT2D eigenvalue weighted by atomic mass is 10.1. The summed E-state index contributed by atoms with van der Waals surface area (Å²) >= 11 is 7.09. The molecule has 1 aromatic carbocycles. The number of nitrogens with zero attached hydrogens (tertiary/aromatic N) is 1. The fraction of sp³-hybridized carbons (Fsp3) is 0.200. The van der Waals surface area contributed by atoms with E-state index in [1.807, 2.05) is 6.07 Å². The van der Waals surface area contributed by atoms with Crippen LogP contribution < -0.4 is 0 Å². The lowest BCUT2D eigenvalue weighted by Crippen LogP contribution is -1.88. The van der Waals surface area contributed by atoms with E-state index in [0.717, 1.165) is 5.56 Å². The van der Waals surface area contributed by atoms with E-state index >= 15 is 0 Å². The molecule has 0 aliphatic heterocycles. The predicted molar refractivity (Wildman–Crippen MR) is 58.1 cm³/mol. The molecule has 0 bridgehead atoms. The summed E-state index contributed by atoms with van der Waals surface area (Å²) in [6, 6.07) is 7.07. The monoisotopic (exact) mass is 225 g/mol. The zero-order chi connectivity index (χ0) is 10.6. The Hall–Kier alpha value is -0.980. The van der Waals surface area contributed by atoms with Crippen molar-refractivity contribution in [1.29, 1.82) is 5.26 Å². The molecule has 0 saturated heterocycles. The fourth-order valence-electron chi connectivity index (χ4n) is 0.934. The number of benzene rings is 1. The highest BCUT2D eigenvalue weighted by molar-refractivity contribution is 8.12. The van der Waals surface area contributed by atoms with Gasteiger partial charge in [0, 0.05) is 17.7 Å². The van der Waals surface area contributed by atoms with E-state index in [1.165, 1.54) is 18.7 Å². The van der Waals surface area contributed by atoms with E-state index in [9.17, 15) is 4.79 Å². The first-order valence-electron chi connectivity index (χ1n) is 3.95. The Morgan fingerprint density at radius 3 is 2.93 bits per heavy atom. The molecule has 1 rings (SSSR count). The van der Waals surface area contributed by atoms with Crippen molar-refractivity contribution in [3.63, 3.8) is 0 Å². The summed E-state index contributed by atoms with van der Waals surface area (Å²) in [5, 5.41) is 9.30. The molecule has 4 heteroatoms. The predicted octanol–water partition coefficient (Wildman–Crippen LogP) is 2.99. The Labute approximate surface area is 91.9 Å². The Kier molecular flexibility index (Phi) is 3.99. The summed E-state index contributed by atoms with van der Waals surface area (Å²) in [5.74, 6) is 0.518. The van der Waals surface area contributed by atoms with Gasteiger partial charge in [0.05, 0.1) is 11.6 Å². The maximum atomic E-state index is 10.7. The molecule has 2 nitrogen and oxygen atoms in total. The van der Waals surface area contributed by atoms with Gasteiger partial charge in [-0.15, -0.1) is 0 Å². The Morgan fingerprint density at radius 2 is 2.36 bits per heavy atom. The molecule has 0 saturated carbocycles. The molecule has 0 amide bonds. The van der Waals surface area contributed by atoms with Crippen molar-refractivity contribution in [3.05, 3.63) is 34.3 Å². The average molecular weight is 226 g/mol. The summed E-state index contributed by atoms with van der Waals surface area (Å²) in [5.41, 5.74) is 1.39. The number of hydrogen-bond donors (Lipinski definition) is 0. The molecule has 0 heterocycles. The molecular weight excluding hydrogens is 218 g/mol. The van der Waals surface area contributed by atoms with Crippen LogP contribution in [-0.2, 0) is 10.5 Å². The Morgan fingerprint density at radius 1 is 1.64 bits per heavy atom. The van der Waals surface area contributed by atoms with Crippen LogP contribution >= 0.6 is 23.4 Å². The molecule has 0 aromatic heterocycles. The minimum atomic E-state index is 0.0448. The van der Waals surface area contributed by atoms with Gasteiger partial charge >= 0.3 is 0 Å². The zero-order valence-electron chi connectivity index (χ0n) is 7.58. The van der Waals surface area contributed by atoms with Crippen LogP contribution in [0.25, 0.3) is 0 Å². The Bertz CT molecular complexity index is 398. The number of carbonyl (C=O) groups excluding carboxylic acids is 1. The largest absolute Gasteiger partial charge is 0.288 e. The maximum absolute atomic E-state index is 10.7. The number of thioether (sulfide) groups is 1. The first kappa shape index (κ1) is 11.1. The van der Waals surface area contributed by atoms with Crippen LogP contribution in [0.2, 0.25) is 5.02 Å². The highest BCUT2D eigenvalue weighted by atomic mass is 35.5. The topological polar surface area (TPSA) is 40.9 Å². The summed E-state index contributed by atoms with van der Waals surface area (Å²) < 4.78 is 0. The lowest BCUT2D eigenvalue weighted by molar-refractivity contribution is -0.109. The summed E-state index contributed by atoms with van der Waals surface area (Å²) in [6.07, 6.45) is 0. The molecule has 72 valence electrons. The van der Waals surface area contributed by atoms with Gasteiger partial charge in [-0.1, -0.05) is 23.4 Å². The van der Waals surface area contributed by atoms with Gasteiger partial charge in [0.1, 0.15) is 0 Å². The van der Waals surface area contributed by atoms with Crippen LogP contribution in [0.5, 0.6) is 0 Å². The standard InChI is InChI=1S/C10H8ClNOS/c1-7(13)14-6-9-4-8(5-12)2-3-10(9)11/h2-4H,6H2,1H3. The normalized spacial score (nSPS) is 9.50. The Balaban J connectivity index is 2.85. The van der Waals surface area contributed by atoms with Crippen LogP contribution in [0.15, 0.2) is 18.2 Å². The van der Waals surface area contributed by atoms with E-state index in [-0.39, 0.29) is 5.12 Å². The van der Waals surface area contributed by atoms with Crippen LogP contribution in [0, 0.1) is 11.3 Å². The summed E-state index contributed by atoms with van der Waals surface area (Å²) in [7, 11) is 0. The van der Waals surface area contributed by atoms with Crippen molar-refractivity contribution >= 4 is 28.5 Å². The van der Waals surface area contributed by atoms with Crippen LogP contribution in [0.3, 0.4) is 0 Å². The van der Waals surface area contributed by atoms with Gasteiger partial charge < -0.3 is 0 Å². The van der Waals surface area contributed by atoms with Crippen molar-refractivity contribution < 1.29 is 4.79 Å². The molecule has 0 fully saturated rings. The molecule has 0 aliphatic rings. The zero-order valence-corrected chi connectivity index (χ0v) is 9.15. The van der Waals surface area contributed by atoms with Gasteiger partial charge in [-0.25, -0.2) is 0 Å². The quantitative estimate of drug-likeness (QED) is 0.777. The van der Waals surface area contributed by atoms with Gasteiger partial charge in [0.25, 0.3) is 0 Å². The van der Waals surface area contributed by atoms with Gasteiger partial charge in [-0.2, -0.15) is 5.26 Å². The highest BCUT2D eigenvalue weighted by Crippen LogP contribution is 2.22. The first-order valence-corrected chi connectivity index (χ1v) is 5.31. The second-order valence-electron chi connectivity index (χ2n) is 2.70. The van der Waals surface area contributed by atoms with E-state index < -0.39 is 0 Å². The molecule has 14 heavy (non-hydrogen) atoms. The lowest BCUT2D eigenvalue weighted by Gasteiger charge is -2.02. The maximum Gasteiger partial charge on any atom is 0.186 e. The summed E-state index contributed by atoms with van der Waals surface area (Å²) in [6.45, 7) is 1.51. The van der Waals surface area contributed by atoms with Crippen LogP contribution in [0.4, 0.5) is 0 Å². The average Bonchev–Trinajstić information content (AvgIpc) is 2.16. The van der Waals surface area contributed by atoms with Crippen molar-refractivity contribution in [2.75, 3.05) is 0 Å². The molecule has 0 radical (unpaired) electrons. The molecule has 0 unspecified atom stereocenters. The molecule has 0 N–H and O–H groups in total. The highest BCUT2D eigenvalue weighted by Gasteiger charge is 2.03. The number of halogens is 1. The summed E-state index contributed by atoms with van der Waals surface area (Å²) in [4.78, 5) is 10.7. The van der Waals surface area contributed by atoms with Crippen LogP contribution in [-0.4, -0.2) is 5.12 Å². The SMILES string of the molecule is CC(=O)SCc1cc(C#N)ccc1Cl. The third kappa shape index (κ3) is 3.06. The third-order valence-electron chi connectivity index (χ3n) is 1.61. The van der Waals surface area contributed by atoms with E-state index in [1.54, 1.807) is 18.2 Å².